The Bertz CT molecular complexity index is 441. The fourth-order valence-electron chi connectivity index (χ4n) is 0.577. The summed E-state index contributed by atoms with van der Waals surface area (Å²) in [6.07, 6.45) is 2.41. The van der Waals surface area contributed by atoms with Crippen LogP contribution < -0.4 is 0 Å². The highest BCUT2D eigenvalue weighted by Crippen LogP contribution is 2.20. The topological polar surface area (TPSA) is 93.0 Å². The first-order valence-electron chi connectivity index (χ1n) is 4.28. The molecule has 9 heteroatoms. The summed E-state index contributed by atoms with van der Waals surface area (Å²) in [5.74, 6) is -1.15. The lowest BCUT2D eigenvalue weighted by atomic mass is 10.3. The van der Waals surface area contributed by atoms with Crippen molar-refractivity contribution in [1.29, 1.82) is 0 Å². The van der Waals surface area contributed by atoms with Gasteiger partial charge >= 0.3 is 21.3 Å². The number of rotatable bonds is 5. The van der Waals surface area contributed by atoms with Crippen LogP contribution in [0.2, 0.25) is 0 Å². The van der Waals surface area contributed by atoms with Crippen molar-refractivity contribution in [3.63, 3.8) is 0 Å². The minimum Gasteiger partial charge on any atom is -0.455 e. The normalized spacial score (nSPS) is 14.1. The Labute approximate surface area is 96.7 Å². The van der Waals surface area contributed by atoms with Crippen LogP contribution in [-0.4, -0.2) is 37.0 Å². The molecular weight excluding hydrogens is 260 g/mol. The molecule has 0 aliphatic heterocycles. The summed E-state index contributed by atoms with van der Waals surface area (Å²) in [6, 6.07) is 0. The summed E-state index contributed by atoms with van der Waals surface area (Å²) >= 11 is 0. The van der Waals surface area contributed by atoms with Crippen LogP contribution in [0.5, 0.6) is 0 Å². The monoisotopic (exact) mass is 271 g/mol. The molecule has 0 spiro atoms. The molecule has 0 saturated carbocycles. The van der Waals surface area contributed by atoms with E-state index < -0.39 is 27.9 Å². The molecule has 0 aliphatic carbocycles. The number of aliphatic imine (C=N–C) groups is 1. The van der Waals surface area contributed by atoms with E-state index in [2.05, 4.69) is 9.73 Å². The molecule has 1 N–H and O–H groups in total. The minimum absolute atomic E-state index is 0.0887. The average molecular weight is 271 g/mol. The molecule has 0 unspecified atom stereocenters. The van der Waals surface area contributed by atoms with E-state index in [0.29, 0.717) is 0 Å². The van der Waals surface area contributed by atoms with Crippen molar-refractivity contribution in [3.05, 3.63) is 11.8 Å². The van der Waals surface area contributed by atoms with Crippen molar-refractivity contribution < 1.29 is 31.3 Å². The molecule has 0 amide bonds. The van der Waals surface area contributed by atoms with Gasteiger partial charge in [0.25, 0.3) is 0 Å². The molecule has 0 aliphatic rings. The van der Waals surface area contributed by atoms with Crippen LogP contribution in [0, 0.1) is 0 Å². The molecule has 0 aromatic rings. The number of carbonyl (C=O) groups excluding carboxylic acids is 1. The number of esters is 1. The zero-order chi connectivity index (χ0) is 13.7. The smallest absolute Gasteiger partial charge is 0.402 e. The molecular formula is C8H11F2NO5S. The van der Waals surface area contributed by atoms with Crippen LogP contribution in [0.25, 0.3) is 0 Å². The highest BCUT2D eigenvalue weighted by Gasteiger charge is 2.45. The number of ether oxygens (including phenoxy) is 1. The van der Waals surface area contributed by atoms with Crippen LogP contribution in [0.15, 0.2) is 16.8 Å². The Morgan fingerprint density at radius 3 is 2.47 bits per heavy atom. The van der Waals surface area contributed by atoms with E-state index >= 15 is 0 Å². The van der Waals surface area contributed by atoms with E-state index in [0.717, 1.165) is 6.20 Å². The maximum absolute atomic E-state index is 12.6. The van der Waals surface area contributed by atoms with Gasteiger partial charge in [-0.2, -0.15) is 17.2 Å². The van der Waals surface area contributed by atoms with Gasteiger partial charge in [0.05, 0.1) is 5.57 Å². The molecule has 0 aromatic heterocycles. The lowest BCUT2D eigenvalue weighted by molar-refractivity contribution is -0.144. The van der Waals surface area contributed by atoms with Crippen LogP contribution in [-0.2, 0) is 19.6 Å². The van der Waals surface area contributed by atoms with Crippen LogP contribution in [0.1, 0.15) is 13.8 Å². The summed E-state index contributed by atoms with van der Waals surface area (Å²) in [7, 11) is -5.60. The summed E-state index contributed by atoms with van der Waals surface area (Å²) in [5, 5.41) is -4.53. The number of hydrogen-bond acceptors (Lipinski definition) is 5. The molecule has 0 radical (unpaired) electrons. The predicted octanol–water partition coefficient (Wildman–Crippen LogP) is 1.00. The Hall–Kier alpha value is -1.35. The van der Waals surface area contributed by atoms with Crippen molar-refractivity contribution in [1.82, 2.24) is 0 Å². The molecule has 0 atom stereocenters. The summed E-state index contributed by atoms with van der Waals surface area (Å²) in [5.41, 5.74) is -0.0887. The zero-order valence-electron chi connectivity index (χ0n) is 9.05. The van der Waals surface area contributed by atoms with Gasteiger partial charge in [-0.3, -0.25) is 9.55 Å². The van der Waals surface area contributed by atoms with E-state index in [-0.39, 0.29) is 5.57 Å². The molecule has 0 aromatic carbocycles. The van der Waals surface area contributed by atoms with Gasteiger partial charge in [0.1, 0.15) is 0 Å². The van der Waals surface area contributed by atoms with Crippen molar-refractivity contribution in [2.45, 2.75) is 19.1 Å². The van der Waals surface area contributed by atoms with Gasteiger partial charge in [0, 0.05) is 12.4 Å². The summed E-state index contributed by atoms with van der Waals surface area (Å²) < 4.78 is 57.8. The van der Waals surface area contributed by atoms with Crippen molar-refractivity contribution >= 4 is 22.3 Å². The molecule has 0 heterocycles. The van der Waals surface area contributed by atoms with Crippen LogP contribution in [0.3, 0.4) is 0 Å². The van der Waals surface area contributed by atoms with Crippen molar-refractivity contribution in [3.8, 4) is 0 Å². The van der Waals surface area contributed by atoms with Crippen LogP contribution in [0.4, 0.5) is 8.78 Å². The molecule has 0 saturated heterocycles. The van der Waals surface area contributed by atoms with Crippen LogP contribution >= 0.6 is 0 Å². The van der Waals surface area contributed by atoms with Gasteiger partial charge in [-0.1, -0.05) is 0 Å². The Balaban J connectivity index is 4.56. The SMILES string of the molecule is C/C=N\C=C(/C)C(=O)OCC(F)(F)S(=O)(=O)O. The second-order valence-electron chi connectivity index (χ2n) is 2.91. The molecule has 0 rings (SSSR count). The van der Waals surface area contributed by atoms with E-state index in [9.17, 15) is 22.0 Å². The Kier molecular flexibility index (Phi) is 5.36. The highest BCUT2D eigenvalue weighted by molar-refractivity contribution is 7.86. The summed E-state index contributed by atoms with van der Waals surface area (Å²) in [6.45, 7) is 1.06. The third-order valence-electron chi connectivity index (χ3n) is 1.49. The van der Waals surface area contributed by atoms with Gasteiger partial charge in [-0.05, 0) is 13.8 Å². The molecule has 17 heavy (non-hydrogen) atoms. The standard InChI is InChI=1S/C8H11F2NO5S/c1-3-11-4-6(2)7(12)16-5-8(9,10)17(13,14)15/h3-4H,5H2,1-2H3,(H,13,14,15)/b6-4+,11-3-. The first-order valence-corrected chi connectivity index (χ1v) is 5.72. The maximum atomic E-state index is 12.6. The zero-order valence-corrected chi connectivity index (χ0v) is 9.87. The van der Waals surface area contributed by atoms with Crippen molar-refractivity contribution in [2.75, 3.05) is 6.61 Å². The largest absolute Gasteiger partial charge is 0.455 e. The van der Waals surface area contributed by atoms with Gasteiger partial charge in [-0.25, -0.2) is 4.79 Å². The first kappa shape index (κ1) is 15.7. The lowest BCUT2D eigenvalue weighted by Gasteiger charge is -2.12. The fraction of sp³-hybridized carbons (Fsp3) is 0.500. The van der Waals surface area contributed by atoms with Gasteiger partial charge in [-0.15, -0.1) is 0 Å². The fourth-order valence-corrected chi connectivity index (χ4v) is 0.785. The molecule has 6 nitrogen and oxygen atoms in total. The van der Waals surface area contributed by atoms with E-state index in [4.69, 9.17) is 4.55 Å². The minimum atomic E-state index is -5.60. The Morgan fingerprint density at radius 2 is 2.06 bits per heavy atom. The second kappa shape index (κ2) is 5.82. The molecule has 0 fully saturated rings. The predicted molar refractivity (Wildman–Crippen MR) is 55.4 cm³/mol. The van der Waals surface area contributed by atoms with E-state index in [1.54, 1.807) is 6.92 Å². The quantitative estimate of drug-likeness (QED) is 0.348. The van der Waals surface area contributed by atoms with E-state index in [1.165, 1.54) is 13.1 Å². The second-order valence-corrected chi connectivity index (χ2v) is 4.46. The average Bonchev–Trinajstić information content (AvgIpc) is 2.20. The molecule has 0 bridgehead atoms. The van der Waals surface area contributed by atoms with Gasteiger partial charge in [0.15, 0.2) is 6.61 Å². The van der Waals surface area contributed by atoms with E-state index in [1.807, 2.05) is 0 Å². The number of alkyl halides is 2. The number of carbonyl (C=O) groups is 1. The number of hydrogen-bond donors (Lipinski definition) is 1. The third-order valence-corrected chi connectivity index (χ3v) is 2.36. The third kappa shape index (κ3) is 5.00. The van der Waals surface area contributed by atoms with Gasteiger partial charge in [0.2, 0.25) is 0 Å². The summed E-state index contributed by atoms with van der Waals surface area (Å²) in [4.78, 5) is 14.6. The number of halogens is 2. The van der Waals surface area contributed by atoms with Crippen molar-refractivity contribution in [2.24, 2.45) is 4.99 Å². The highest BCUT2D eigenvalue weighted by atomic mass is 32.2. The maximum Gasteiger partial charge on any atom is 0.402 e. The lowest BCUT2D eigenvalue weighted by Crippen LogP contribution is -2.34. The number of nitrogens with zero attached hydrogens (tertiary/aromatic N) is 1. The van der Waals surface area contributed by atoms with Gasteiger partial charge < -0.3 is 4.74 Å². The molecule has 98 valence electrons. The Morgan fingerprint density at radius 1 is 1.53 bits per heavy atom. The first-order chi connectivity index (χ1) is 7.62.